The van der Waals surface area contributed by atoms with E-state index in [9.17, 15) is 4.79 Å². The van der Waals surface area contributed by atoms with Gasteiger partial charge in [0.05, 0.1) is 11.0 Å². The van der Waals surface area contributed by atoms with Crippen molar-refractivity contribution in [1.82, 2.24) is 14.9 Å². The van der Waals surface area contributed by atoms with E-state index in [4.69, 9.17) is 0 Å². The number of rotatable bonds is 6. The van der Waals surface area contributed by atoms with E-state index in [-0.39, 0.29) is 5.69 Å². The molecule has 0 aliphatic heterocycles. The Morgan fingerprint density at radius 3 is 2.86 bits per heavy atom. The lowest BCUT2D eigenvalue weighted by molar-refractivity contribution is 0.341. The molecule has 114 valence electrons. The molecule has 1 aromatic heterocycles. The standard InChI is InChI=1S/C17H25N3O/c21-17-19-15-9-4-5-10-16(15)20(17)12-6-11-18-13-14-7-2-1-3-8-14/h4-5,9-10,14,18H,1-3,6-8,11-13H2,(H,19,21). The lowest BCUT2D eigenvalue weighted by Gasteiger charge is -2.21. The molecule has 4 heteroatoms. The number of benzene rings is 1. The molecule has 0 atom stereocenters. The van der Waals surface area contributed by atoms with Gasteiger partial charge in [0, 0.05) is 6.54 Å². The Morgan fingerprint density at radius 1 is 1.19 bits per heavy atom. The maximum absolute atomic E-state index is 11.9. The van der Waals surface area contributed by atoms with Crippen LogP contribution >= 0.6 is 0 Å². The van der Waals surface area contributed by atoms with Gasteiger partial charge in [0.2, 0.25) is 0 Å². The van der Waals surface area contributed by atoms with Gasteiger partial charge in [0.1, 0.15) is 0 Å². The molecule has 2 aromatic rings. The van der Waals surface area contributed by atoms with Crippen LogP contribution in [0, 0.1) is 5.92 Å². The highest BCUT2D eigenvalue weighted by atomic mass is 16.1. The van der Waals surface area contributed by atoms with Crippen LogP contribution in [0.3, 0.4) is 0 Å². The second-order valence-corrected chi connectivity index (χ2v) is 6.16. The van der Waals surface area contributed by atoms with Crippen molar-refractivity contribution < 1.29 is 0 Å². The molecule has 0 saturated heterocycles. The number of aryl methyl sites for hydroxylation is 1. The van der Waals surface area contributed by atoms with E-state index in [1.165, 1.54) is 32.1 Å². The highest BCUT2D eigenvalue weighted by Crippen LogP contribution is 2.22. The fourth-order valence-corrected chi connectivity index (χ4v) is 3.39. The lowest BCUT2D eigenvalue weighted by atomic mass is 9.89. The molecule has 1 fully saturated rings. The number of hydrogen-bond acceptors (Lipinski definition) is 2. The van der Waals surface area contributed by atoms with Crippen LogP contribution < -0.4 is 11.0 Å². The van der Waals surface area contributed by atoms with Gasteiger partial charge in [0.15, 0.2) is 0 Å². The number of H-pyrrole nitrogens is 1. The van der Waals surface area contributed by atoms with E-state index in [0.717, 1.165) is 43.0 Å². The number of imidazole rings is 1. The smallest absolute Gasteiger partial charge is 0.316 e. The summed E-state index contributed by atoms with van der Waals surface area (Å²) in [6.07, 6.45) is 7.98. The summed E-state index contributed by atoms with van der Waals surface area (Å²) in [5.41, 5.74) is 1.94. The number of hydrogen-bond donors (Lipinski definition) is 2. The number of aromatic amines is 1. The first kappa shape index (κ1) is 14.4. The largest absolute Gasteiger partial charge is 0.326 e. The third-order valence-corrected chi connectivity index (χ3v) is 4.57. The molecule has 21 heavy (non-hydrogen) atoms. The van der Waals surface area contributed by atoms with Gasteiger partial charge in [0.25, 0.3) is 0 Å². The van der Waals surface area contributed by atoms with E-state index < -0.39 is 0 Å². The predicted molar refractivity (Wildman–Crippen MR) is 86.6 cm³/mol. The molecule has 1 heterocycles. The number of para-hydroxylation sites is 2. The van der Waals surface area contributed by atoms with Crippen LogP contribution in [0.25, 0.3) is 11.0 Å². The Bertz CT molecular complexity index is 622. The summed E-state index contributed by atoms with van der Waals surface area (Å²) in [6, 6.07) is 7.89. The van der Waals surface area contributed by atoms with Gasteiger partial charge < -0.3 is 10.3 Å². The highest BCUT2D eigenvalue weighted by Gasteiger charge is 2.12. The van der Waals surface area contributed by atoms with Crippen molar-refractivity contribution in [3.8, 4) is 0 Å². The monoisotopic (exact) mass is 287 g/mol. The third kappa shape index (κ3) is 3.56. The number of nitrogens with zero attached hydrogens (tertiary/aromatic N) is 1. The minimum Gasteiger partial charge on any atom is -0.316 e. The summed E-state index contributed by atoms with van der Waals surface area (Å²) in [4.78, 5) is 14.8. The zero-order valence-corrected chi connectivity index (χ0v) is 12.6. The van der Waals surface area contributed by atoms with Crippen LogP contribution in [0.2, 0.25) is 0 Å². The normalized spacial score (nSPS) is 16.6. The average Bonchev–Trinajstić information content (AvgIpc) is 2.84. The summed E-state index contributed by atoms with van der Waals surface area (Å²) >= 11 is 0. The summed E-state index contributed by atoms with van der Waals surface area (Å²) in [6.45, 7) is 2.91. The van der Waals surface area contributed by atoms with E-state index >= 15 is 0 Å². The van der Waals surface area contributed by atoms with Gasteiger partial charge in [-0.2, -0.15) is 0 Å². The molecule has 1 aromatic carbocycles. The second-order valence-electron chi connectivity index (χ2n) is 6.16. The van der Waals surface area contributed by atoms with Crippen LogP contribution in [0.5, 0.6) is 0 Å². The van der Waals surface area contributed by atoms with Crippen molar-refractivity contribution in [1.29, 1.82) is 0 Å². The van der Waals surface area contributed by atoms with E-state index in [0.29, 0.717) is 0 Å². The number of fused-ring (bicyclic) bond motifs is 1. The molecule has 1 aliphatic carbocycles. The molecular weight excluding hydrogens is 262 g/mol. The SMILES string of the molecule is O=c1[nH]c2ccccc2n1CCCNCC1CCCCC1. The Hall–Kier alpha value is -1.55. The molecule has 0 spiro atoms. The van der Waals surface area contributed by atoms with Gasteiger partial charge >= 0.3 is 5.69 Å². The summed E-state index contributed by atoms with van der Waals surface area (Å²) in [5, 5.41) is 3.56. The molecule has 0 unspecified atom stereocenters. The number of aromatic nitrogens is 2. The highest BCUT2D eigenvalue weighted by molar-refractivity contribution is 5.74. The van der Waals surface area contributed by atoms with Gasteiger partial charge in [-0.05, 0) is 50.4 Å². The molecule has 1 saturated carbocycles. The van der Waals surface area contributed by atoms with Crippen LogP contribution in [-0.2, 0) is 6.54 Å². The third-order valence-electron chi connectivity index (χ3n) is 4.57. The lowest BCUT2D eigenvalue weighted by Crippen LogP contribution is -2.27. The number of nitrogens with one attached hydrogen (secondary N) is 2. The van der Waals surface area contributed by atoms with Crippen molar-refractivity contribution in [3.05, 3.63) is 34.7 Å². The molecule has 2 N–H and O–H groups in total. The molecule has 4 nitrogen and oxygen atoms in total. The summed E-state index contributed by atoms with van der Waals surface area (Å²) < 4.78 is 1.84. The van der Waals surface area contributed by atoms with E-state index in [1.54, 1.807) is 0 Å². The summed E-state index contributed by atoms with van der Waals surface area (Å²) in [7, 11) is 0. The molecular formula is C17H25N3O. The molecule has 0 bridgehead atoms. The van der Waals surface area contributed by atoms with Crippen LogP contribution in [0.1, 0.15) is 38.5 Å². The second kappa shape index (κ2) is 6.94. The van der Waals surface area contributed by atoms with Gasteiger partial charge in [-0.15, -0.1) is 0 Å². The Labute approximate surface area is 125 Å². The first-order valence-corrected chi connectivity index (χ1v) is 8.23. The minimum atomic E-state index is 0.00322. The molecule has 0 radical (unpaired) electrons. The summed E-state index contributed by atoms with van der Waals surface area (Å²) in [5.74, 6) is 0.870. The van der Waals surface area contributed by atoms with Crippen molar-refractivity contribution >= 4 is 11.0 Å². The van der Waals surface area contributed by atoms with Gasteiger partial charge in [-0.3, -0.25) is 4.57 Å². The predicted octanol–water partition coefficient (Wildman–Crippen LogP) is 2.89. The fourth-order valence-electron chi connectivity index (χ4n) is 3.39. The van der Waals surface area contributed by atoms with Crippen LogP contribution in [-0.4, -0.2) is 22.6 Å². The Balaban J connectivity index is 1.46. The van der Waals surface area contributed by atoms with Crippen molar-refractivity contribution in [2.24, 2.45) is 5.92 Å². The zero-order valence-electron chi connectivity index (χ0n) is 12.6. The van der Waals surface area contributed by atoms with E-state index in [1.807, 2.05) is 28.8 Å². The van der Waals surface area contributed by atoms with Gasteiger partial charge in [-0.25, -0.2) is 4.79 Å². The zero-order chi connectivity index (χ0) is 14.5. The average molecular weight is 287 g/mol. The topological polar surface area (TPSA) is 49.8 Å². The fraction of sp³-hybridized carbons (Fsp3) is 0.588. The van der Waals surface area contributed by atoms with Gasteiger partial charge in [-0.1, -0.05) is 31.4 Å². The van der Waals surface area contributed by atoms with E-state index in [2.05, 4.69) is 10.3 Å². The van der Waals surface area contributed by atoms with Crippen LogP contribution in [0.4, 0.5) is 0 Å². The maximum Gasteiger partial charge on any atom is 0.326 e. The van der Waals surface area contributed by atoms with Crippen molar-refractivity contribution in [2.75, 3.05) is 13.1 Å². The van der Waals surface area contributed by atoms with Crippen molar-refractivity contribution in [3.63, 3.8) is 0 Å². The Morgan fingerprint density at radius 2 is 2.00 bits per heavy atom. The quantitative estimate of drug-likeness (QED) is 0.803. The first-order chi connectivity index (χ1) is 10.3. The molecule has 0 amide bonds. The minimum absolute atomic E-state index is 0.00322. The molecule has 3 rings (SSSR count). The molecule has 1 aliphatic rings. The van der Waals surface area contributed by atoms with Crippen molar-refractivity contribution in [2.45, 2.75) is 45.1 Å². The maximum atomic E-state index is 11.9. The van der Waals surface area contributed by atoms with Crippen LogP contribution in [0.15, 0.2) is 29.1 Å². The Kier molecular flexibility index (Phi) is 4.76. The first-order valence-electron chi connectivity index (χ1n) is 8.23.